The number of benzene rings is 2. The lowest BCUT2D eigenvalue weighted by Gasteiger charge is -2.14. The molecule has 0 saturated heterocycles. The van der Waals surface area contributed by atoms with Gasteiger partial charge in [0.05, 0.1) is 13.7 Å². The fourth-order valence-electron chi connectivity index (χ4n) is 2.73. The summed E-state index contributed by atoms with van der Waals surface area (Å²) in [7, 11) is 5.85. The van der Waals surface area contributed by atoms with E-state index in [9.17, 15) is 0 Å². The Morgan fingerprint density at radius 1 is 1.04 bits per heavy atom. The Morgan fingerprint density at radius 2 is 1.78 bits per heavy atom. The van der Waals surface area contributed by atoms with Crippen LogP contribution in [0, 0.1) is 0 Å². The van der Waals surface area contributed by atoms with E-state index < -0.39 is 0 Å². The first-order valence-corrected chi connectivity index (χ1v) is 8.99. The second-order valence-electron chi connectivity index (χ2n) is 6.42. The van der Waals surface area contributed by atoms with Crippen LogP contribution in [0.4, 0.5) is 0 Å². The average Bonchev–Trinajstić information content (AvgIpc) is 2.64. The molecule has 0 radical (unpaired) electrons. The van der Waals surface area contributed by atoms with E-state index in [1.165, 1.54) is 11.1 Å². The van der Waals surface area contributed by atoms with Crippen LogP contribution in [0.25, 0.3) is 0 Å². The van der Waals surface area contributed by atoms with E-state index in [1.807, 2.05) is 18.2 Å². The topological polar surface area (TPSA) is 48.9 Å². The van der Waals surface area contributed by atoms with Gasteiger partial charge in [-0.15, -0.1) is 24.0 Å². The molecule has 0 bridgehead atoms. The molecule has 0 aliphatic carbocycles. The molecule has 0 spiro atoms. The molecule has 148 valence electrons. The standard InChI is InChI=1S/C21H30N4O.HI/c1-5-22-21(24-15-19-11-6-7-12-20(19)26-4)23-14-17-9-8-10-18(13-17)16-25(2)3;/h6-13H,5,14-16H2,1-4H3,(H2,22,23,24);1H. The zero-order valence-corrected chi connectivity index (χ0v) is 19.0. The minimum Gasteiger partial charge on any atom is -0.496 e. The van der Waals surface area contributed by atoms with Gasteiger partial charge in [-0.3, -0.25) is 0 Å². The van der Waals surface area contributed by atoms with Crippen LogP contribution >= 0.6 is 24.0 Å². The van der Waals surface area contributed by atoms with Gasteiger partial charge < -0.3 is 20.3 Å². The number of nitrogens with one attached hydrogen (secondary N) is 2. The lowest BCUT2D eigenvalue weighted by molar-refractivity contribution is 0.402. The van der Waals surface area contributed by atoms with Crippen LogP contribution in [0.1, 0.15) is 23.6 Å². The molecule has 27 heavy (non-hydrogen) atoms. The van der Waals surface area contributed by atoms with Gasteiger partial charge in [-0.2, -0.15) is 0 Å². The quantitative estimate of drug-likeness (QED) is 0.343. The second kappa shape index (κ2) is 12.6. The SMILES string of the molecule is CCNC(=NCc1cccc(CN(C)C)c1)NCc1ccccc1OC.I. The monoisotopic (exact) mass is 482 g/mol. The number of guanidine groups is 1. The lowest BCUT2D eigenvalue weighted by atomic mass is 10.1. The second-order valence-corrected chi connectivity index (χ2v) is 6.42. The van der Waals surface area contributed by atoms with Crippen molar-refractivity contribution in [2.24, 2.45) is 4.99 Å². The van der Waals surface area contributed by atoms with E-state index in [4.69, 9.17) is 9.73 Å². The van der Waals surface area contributed by atoms with Crippen molar-refractivity contribution in [1.29, 1.82) is 0 Å². The van der Waals surface area contributed by atoms with Crippen molar-refractivity contribution >= 4 is 29.9 Å². The number of para-hydroxylation sites is 1. The maximum absolute atomic E-state index is 5.41. The summed E-state index contributed by atoms with van der Waals surface area (Å²) in [6.07, 6.45) is 0. The first-order valence-electron chi connectivity index (χ1n) is 8.99. The third-order valence-corrected chi connectivity index (χ3v) is 3.89. The molecular formula is C21H31IN4O. The molecule has 2 rings (SSSR count). The van der Waals surface area contributed by atoms with Gasteiger partial charge >= 0.3 is 0 Å². The van der Waals surface area contributed by atoms with Crippen LogP contribution in [0.3, 0.4) is 0 Å². The maximum atomic E-state index is 5.41. The number of rotatable bonds is 8. The van der Waals surface area contributed by atoms with E-state index in [0.717, 1.165) is 30.4 Å². The predicted octanol–water partition coefficient (Wildman–Crippen LogP) is 3.63. The highest BCUT2D eigenvalue weighted by Crippen LogP contribution is 2.16. The Morgan fingerprint density at radius 3 is 2.48 bits per heavy atom. The van der Waals surface area contributed by atoms with Gasteiger partial charge in [0.1, 0.15) is 5.75 Å². The van der Waals surface area contributed by atoms with Crippen LogP contribution in [0.2, 0.25) is 0 Å². The Labute approximate surface area is 180 Å². The van der Waals surface area contributed by atoms with Crippen molar-refractivity contribution in [1.82, 2.24) is 15.5 Å². The molecular weight excluding hydrogens is 451 g/mol. The Balaban J connectivity index is 0.00000364. The smallest absolute Gasteiger partial charge is 0.191 e. The highest BCUT2D eigenvalue weighted by Gasteiger charge is 2.04. The molecule has 0 aliphatic heterocycles. The highest BCUT2D eigenvalue weighted by atomic mass is 127. The van der Waals surface area contributed by atoms with Crippen molar-refractivity contribution in [3.8, 4) is 5.75 Å². The summed E-state index contributed by atoms with van der Waals surface area (Å²) in [5.41, 5.74) is 3.61. The van der Waals surface area contributed by atoms with Gasteiger partial charge in [-0.25, -0.2) is 4.99 Å². The van der Waals surface area contributed by atoms with Crippen LogP contribution < -0.4 is 15.4 Å². The number of hydrogen-bond acceptors (Lipinski definition) is 3. The lowest BCUT2D eigenvalue weighted by Crippen LogP contribution is -2.36. The third kappa shape index (κ3) is 8.17. The first-order chi connectivity index (χ1) is 12.6. The van der Waals surface area contributed by atoms with Crippen LogP contribution in [-0.2, 0) is 19.6 Å². The van der Waals surface area contributed by atoms with E-state index >= 15 is 0 Å². The summed E-state index contributed by atoms with van der Waals surface area (Å²) in [4.78, 5) is 6.88. The van der Waals surface area contributed by atoms with Crippen molar-refractivity contribution < 1.29 is 4.74 Å². The summed E-state index contributed by atoms with van der Waals surface area (Å²) >= 11 is 0. The van der Waals surface area contributed by atoms with Crippen molar-refractivity contribution in [2.45, 2.75) is 26.6 Å². The minimum absolute atomic E-state index is 0. The van der Waals surface area contributed by atoms with Crippen LogP contribution in [0.5, 0.6) is 5.75 Å². The van der Waals surface area contributed by atoms with Gasteiger partial charge in [-0.1, -0.05) is 42.5 Å². The molecule has 0 atom stereocenters. The zero-order chi connectivity index (χ0) is 18.8. The molecule has 2 aromatic rings. The molecule has 0 aromatic heterocycles. The van der Waals surface area contributed by atoms with Crippen molar-refractivity contribution in [3.05, 3.63) is 65.2 Å². The number of aliphatic imine (C=N–C) groups is 1. The van der Waals surface area contributed by atoms with E-state index in [1.54, 1.807) is 7.11 Å². The molecule has 5 nitrogen and oxygen atoms in total. The summed E-state index contributed by atoms with van der Waals surface area (Å²) < 4.78 is 5.41. The van der Waals surface area contributed by atoms with Gasteiger partial charge in [0, 0.05) is 25.2 Å². The Hall–Kier alpha value is -1.80. The number of methoxy groups -OCH3 is 1. The maximum Gasteiger partial charge on any atom is 0.191 e. The molecule has 0 fully saturated rings. The Kier molecular flexibility index (Phi) is 10.8. The van der Waals surface area contributed by atoms with E-state index in [-0.39, 0.29) is 24.0 Å². The van der Waals surface area contributed by atoms with E-state index in [0.29, 0.717) is 13.1 Å². The fraction of sp³-hybridized carbons (Fsp3) is 0.381. The number of nitrogens with zero attached hydrogens (tertiary/aromatic N) is 2. The molecule has 0 heterocycles. The normalized spacial score (nSPS) is 11.1. The van der Waals surface area contributed by atoms with Crippen molar-refractivity contribution in [2.75, 3.05) is 27.7 Å². The summed E-state index contributed by atoms with van der Waals surface area (Å²) in [6.45, 7) is 5.12. The summed E-state index contributed by atoms with van der Waals surface area (Å²) in [5.74, 6) is 1.68. The minimum atomic E-state index is 0. The molecule has 0 amide bonds. The van der Waals surface area contributed by atoms with Gasteiger partial charge in [-0.05, 0) is 38.2 Å². The predicted molar refractivity (Wildman–Crippen MR) is 124 cm³/mol. The molecule has 6 heteroatoms. The van der Waals surface area contributed by atoms with Crippen LogP contribution in [0.15, 0.2) is 53.5 Å². The van der Waals surface area contributed by atoms with Crippen LogP contribution in [-0.4, -0.2) is 38.6 Å². The Bertz CT molecular complexity index is 719. The number of hydrogen-bond donors (Lipinski definition) is 2. The molecule has 2 N–H and O–H groups in total. The zero-order valence-electron chi connectivity index (χ0n) is 16.7. The number of ether oxygens (including phenoxy) is 1. The summed E-state index contributed by atoms with van der Waals surface area (Å²) in [6, 6.07) is 16.6. The third-order valence-electron chi connectivity index (χ3n) is 3.89. The molecule has 0 unspecified atom stereocenters. The molecule has 2 aromatic carbocycles. The highest BCUT2D eigenvalue weighted by molar-refractivity contribution is 14.0. The molecule has 0 saturated carbocycles. The van der Waals surface area contributed by atoms with Gasteiger partial charge in [0.15, 0.2) is 5.96 Å². The summed E-state index contributed by atoms with van der Waals surface area (Å²) in [5, 5.41) is 6.68. The largest absolute Gasteiger partial charge is 0.496 e. The number of halogens is 1. The molecule has 0 aliphatic rings. The average molecular weight is 482 g/mol. The van der Waals surface area contributed by atoms with E-state index in [2.05, 4.69) is 66.9 Å². The fourth-order valence-corrected chi connectivity index (χ4v) is 2.73. The van der Waals surface area contributed by atoms with Gasteiger partial charge in [0.25, 0.3) is 0 Å². The first kappa shape index (κ1) is 23.2. The van der Waals surface area contributed by atoms with Crippen molar-refractivity contribution in [3.63, 3.8) is 0 Å². The van der Waals surface area contributed by atoms with Gasteiger partial charge in [0.2, 0.25) is 0 Å².